The highest BCUT2D eigenvalue weighted by atomic mass is 32.2. The molecule has 6 nitrogen and oxygen atoms in total. The van der Waals surface area contributed by atoms with E-state index in [1.807, 2.05) is 36.7 Å². The maximum absolute atomic E-state index is 12.3. The van der Waals surface area contributed by atoms with Crippen molar-refractivity contribution >= 4 is 28.7 Å². The molecule has 0 saturated heterocycles. The van der Waals surface area contributed by atoms with E-state index in [4.69, 9.17) is 0 Å². The first kappa shape index (κ1) is 17.0. The molecule has 0 aliphatic rings. The lowest BCUT2D eigenvalue weighted by molar-refractivity contribution is 0.750. The Balaban J connectivity index is 1.53. The van der Waals surface area contributed by atoms with Crippen molar-refractivity contribution < 1.29 is 0 Å². The van der Waals surface area contributed by atoms with Crippen molar-refractivity contribution in [3.05, 3.63) is 74.2 Å². The van der Waals surface area contributed by atoms with Crippen LogP contribution >= 0.6 is 23.1 Å². The van der Waals surface area contributed by atoms with E-state index in [0.29, 0.717) is 11.4 Å². The fraction of sp³-hybridized carbons (Fsp3) is 0.222. The molecule has 0 fully saturated rings. The summed E-state index contributed by atoms with van der Waals surface area (Å²) in [5.74, 6) is 1.50. The number of hydrogen-bond donors (Lipinski definition) is 0. The summed E-state index contributed by atoms with van der Waals surface area (Å²) in [6, 6.07) is 9.53. The number of rotatable bonds is 5. The number of fused-ring (bicyclic) bond motifs is 1. The lowest BCUT2D eigenvalue weighted by Gasteiger charge is -2.05. The molecule has 132 valence electrons. The molecule has 0 spiro atoms. The number of nitrogens with zero attached hydrogens (tertiary/aromatic N) is 5. The molecule has 8 heteroatoms. The van der Waals surface area contributed by atoms with Crippen molar-refractivity contribution in [2.75, 3.05) is 0 Å². The van der Waals surface area contributed by atoms with Gasteiger partial charge in [-0.1, -0.05) is 17.8 Å². The Kier molecular flexibility index (Phi) is 4.60. The smallest absolute Gasteiger partial charge is 0.258 e. The first-order valence-electron chi connectivity index (χ1n) is 8.12. The zero-order chi connectivity index (χ0) is 18.1. The van der Waals surface area contributed by atoms with Crippen molar-refractivity contribution in [3.8, 4) is 0 Å². The van der Waals surface area contributed by atoms with Gasteiger partial charge in [0.2, 0.25) is 0 Å². The Hall–Kier alpha value is -2.45. The van der Waals surface area contributed by atoms with Gasteiger partial charge in [0.05, 0.1) is 5.69 Å². The minimum absolute atomic E-state index is 0.0676. The number of aromatic nitrogens is 5. The Bertz CT molecular complexity index is 1110. The van der Waals surface area contributed by atoms with Gasteiger partial charge in [0, 0.05) is 36.4 Å². The third kappa shape index (κ3) is 3.42. The van der Waals surface area contributed by atoms with Gasteiger partial charge in [-0.15, -0.1) is 21.5 Å². The van der Waals surface area contributed by atoms with E-state index < -0.39 is 0 Å². The van der Waals surface area contributed by atoms with E-state index in [9.17, 15) is 4.79 Å². The molecule has 0 N–H and O–H groups in total. The number of thiophene rings is 1. The minimum atomic E-state index is -0.0676. The van der Waals surface area contributed by atoms with E-state index in [2.05, 4.69) is 26.6 Å². The fourth-order valence-electron chi connectivity index (χ4n) is 2.66. The molecule has 0 amide bonds. The molecule has 0 unspecified atom stereocenters. The summed E-state index contributed by atoms with van der Waals surface area (Å²) in [6.45, 7) is 1.99. The van der Waals surface area contributed by atoms with Crippen molar-refractivity contribution in [2.45, 2.75) is 24.3 Å². The van der Waals surface area contributed by atoms with Crippen LogP contribution < -0.4 is 5.56 Å². The van der Waals surface area contributed by atoms with Gasteiger partial charge < -0.3 is 4.57 Å². The van der Waals surface area contributed by atoms with E-state index in [1.165, 1.54) is 16.6 Å². The normalized spacial score (nSPS) is 11.3. The predicted octanol–water partition coefficient (Wildman–Crippen LogP) is 3.08. The molecule has 4 rings (SSSR count). The summed E-state index contributed by atoms with van der Waals surface area (Å²) < 4.78 is 3.56. The number of thioether (sulfide) groups is 1. The number of pyridine rings is 1. The zero-order valence-corrected chi connectivity index (χ0v) is 16.0. The Morgan fingerprint density at radius 2 is 2.12 bits per heavy atom. The van der Waals surface area contributed by atoms with Gasteiger partial charge in [0.15, 0.2) is 5.16 Å². The topological polar surface area (TPSA) is 65.1 Å². The highest BCUT2D eigenvalue weighted by Gasteiger charge is 2.11. The van der Waals surface area contributed by atoms with Gasteiger partial charge in [0.25, 0.3) is 5.56 Å². The molecule has 0 aliphatic heterocycles. The third-order valence-electron chi connectivity index (χ3n) is 4.06. The first-order valence-corrected chi connectivity index (χ1v) is 9.99. The average Bonchev–Trinajstić information content (AvgIpc) is 3.24. The van der Waals surface area contributed by atoms with Gasteiger partial charge in [-0.3, -0.25) is 9.20 Å². The van der Waals surface area contributed by atoms with Crippen LogP contribution in [-0.4, -0.2) is 24.1 Å². The molecule has 0 aromatic carbocycles. The van der Waals surface area contributed by atoms with E-state index in [-0.39, 0.29) is 5.56 Å². The number of hydrogen-bond acceptors (Lipinski definition) is 6. The van der Waals surface area contributed by atoms with Gasteiger partial charge in [0.1, 0.15) is 11.5 Å². The highest BCUT2D eigenvalue weighted by Crippen LogP contribution is 2.22. The second kappa shape index (κ2) is 7.05. The van der Waals surface area contributed by atoms with Crippen LogP contribution in [0.3, 0.4) is 0 Å². The second-order valence-electron chi connectivity index (χ2n) is 6.02. The average molecular weight is 384 g/mol. The lowest BCUT2D eigenvalue weighted by atomic mass is 10.3. The zero-order valence-electron chi connectivity index (χ0n) is 14.4. The van der Waals surface area contributed by atoms with Gasteiger partial charge >= 0.3 is 0 Å². The predicted molar refractivity (Wildman–Crippen MR) is 104 cm³/mol. The van der Waals surface area contributed by atoms with Crippen LogP contribution in [0.15, 0.2) is 51.9 Å². The van der Waals surface area contributed by atoms with Crippen LogP contribution in [0.5, 0.6) is 0 Å². The largest absolute Gasteiger partial charge is 0.309 e. The molecular weight excluding hydrogens is 366 g/mol. The highest BCUT2D eigenvalue weighted by molar-refractivity contribution is 7.98. The lowest BCUT2D eigenvalue weighted by Crippen LogP contribution is -2.15. The quantitative estimate of drug-likeness (QED) is 0.496. The first-order chi connectivity index (χ1) is 12.6. The Morgan fingerprint density at radius 3 is 2.92 bits per heavy atom. The summed E-state index contributed by atoms with van der Waals surface area (Å²) in [4.78, 5) is 18.1. The molecule has 4 aromatic rings. The summed E-state index contributed by atoms with van der Waals surface area (Å²) in [6.07, 6.45) is 2.53. The van der Waals surface area contributed by atoms with Gasteiger partial charge in [-0.25, -0.2) is 4.98 Å². The van der Waals surface area contributed by atoms with Crippen LogP contribution in [0.4, 0.5) is 0 Å². The van der Waals surface area contributed by atoms with Gasteiger partial charge in [-0.2, -0.15) is 0 Å². The van der Waals surface area contributed by atoms with Crippen molar-refractivity contribution in [1.29, 1.82) is 0 Å². The SMILES string of the molecule is Cc1ccn2c(=O)cc(CSc3nnc(Cc4cccs4)n3C)nc2c1. The molecule has 0 radical (unpaired) electrons. The van der Waals surface area contributed by atoms with Crippen molar-refractivity contribution in [1.82, 2.24) is 24.1 Å². The monoisotopic (exact) mass is 383 g/mol. The van der Waals surface area contributed by atoms with E-state index in [1.54, 1.807) is 28.0 Å². The van der Waals surface area contributed by atoms with E-state index >= 15 is 0 Å². The molecule has 0 aliphatic carbocycles. The molecule has 4 heterocycles. The molecule has 26 heavy (non-hydrogen) atoms. The summed E-state index contributed by atoms with van der Waals surface area (Å²) in [7, 11) is 1.97. The van der Waals surface area contributed by atoms with Crippen molar-refractivity contribution in [3.63, 3.8) is 0 Å². The standard InChI is InChI=1S/C18H17N5OS2/c1-12-5-6-23-15(8-12)19-13(9-17(23)24)11-26-18-21-20-16(22(18)2)10-14-4-3-7-25-14/h3-9H,10-11H2,1-2H3. The maximum Gasteiger partial charge on any atom is 0.258 e. The molecule has 0 bridgehead atoms. The van der Waals surface area contributed by atoms with Crippen LogP contribution in [0.2, 0.25) is 0 Å². The summed E-state index contributed by atoms with van der Waals surface area (Å²) in [5.41, 5.74) is 2.42. The third-order valence-corrected chi connectivity index (χ3v) is 5.99. The Morgan fingerprint density at radius 1 is 1.23 bits per heavy atom. The van der Waals surface area contributed by atoms with Crippen LogP contribution in [-0.2, 0) is 19.2 Å². The fourth-order valence-corrected chi connectivity index (χ4v) is 4.18. The number of aryl methyl sites for hydroxylation is 1. The molecule has 4 aromatic heterocycles. The van der Waals surface area contributed by atoms with E-state index in [0.717, 1.165) is 28.7 Å². The molecular formula is C18H17N5OS2. The minimum Gasteiger partial charge on any atom is -0.309 e. The Labute approximate surface area is 158 Å². The molecule has 0 atom stereocenters. The van der Waals surface area contributed by atoms with Crippen molar-refractivity contribution in [2.24, 2.45) is 7.05 Å². The summed E-state index contributed by atoms with van der Waals surface area (Å²) >= 11 is 3.25. The van der Waals surface area contributed by atoms with Crippen LogP contribution in [0, 0.1) is 6.92 Å². The second-order valence-corrected chi connectivity index (χ2v) is 8.00. The maximum atomic E-state index is 12.3. The van der Waals surface area contributed by atoms with Crippen LogP contribution in [0.25, 0.3) is 5.65 Å². The summed E-state index contributed by atoms with van der Waals surface area (Å²) in [5, 5.41) is 11.5. The van der Waals surface area contributed by atoms with Gasteiger partial charge in [-0.05, 0) is 36.1 Å². The van der Waals surface area contributed by atoms with Crippen LogP contribution in [0.1, 0.15) is 22.0 Å². The molecule has 0 saturated carbocycles.